The molecule has 0 amide bonds. The molecule has 0 saturated heterocycles. The maximum atomic E-state index is 3.76. The van der Waals surface area contributed by atoms with Crippen molar-refractivity contribution in [1.82, 2.24) is 19.9 Å². The van der Waals surface area contributed by atoms with E-state index in [2.05, 4.69) is 211 Å². The molecule has 6 heteroatoms. The van der Waals surface area contributed by atoms with Crippen LogP contribution >= 0.6 is 0 Å². The monoisotopic (exact) mass is 742 g/mol. The third kappa shape index (κ3) is 7.54. The third-order valence-electron chi connectivity index (χ3n) is 11.5. The van der Waals surface area contributed by atoms with E-state index in [-0.39, 0.29) is 0 Å². The minimum atomic E-state index is 0.401. The van der Waals surface area contributed by atoms with Gasteiger partial charge in [-0.05, 0) is 90.0 Å². The van der Waals surface area contributed by atoms with E-state index in [0.29, 0.717) is 12.1 Å². The summed E-state index contributed by atoms with van der Waals surface area (Å²) in [5, 5.41) is 4.18. The van der Waals surface area contributed by atoms with Crippen molar-refractivity contribution >= 4 is 36.0 Å². The molecule has 1 fully saturated rings. The van der Waals surface area contributed by atoms with Crippen molar-refractivity contribution in [1.29, 1.82) is 0 Å². The van der Waals surface area contributed by atoms with Crippen molar-refractivity contribution in [2.24, 2.45) is 0 Å². The normalized spacial score (nSPS) is 16.5. The summed E-state index contributed by atoms with van der Waals surface area (Å²) in [5.74, 6) is 0. The van der Waals surface area contributed by atoms with Crippen LogP contribution in [0.25, 0.3) is 36.0 Å². The summed E-state index contributed by atoms with van der Waals surface area (Å²) >= 11 is 0. The number of nitrogens with one attached hydrogen (secondary N) is 4. The summed E-state index contributed by atoms with van der Waals surface area (Å²) in [6, 6.07) is 51.0. The molecule has 1 aliphatic carbocycles. The molecule has 6 nitrogen and oxygen atoms in total. The molecular weight excluding hydrogens is 697 g/mol. The van der Waals surface area contributed by atoms with Gasteiger partial charge in [-0.1, -0.05) is 66.7 Å². The van der Waals surface area contributed by atoms with Gasteiger partial charge in [-0.2, -0.15) is 9.13 Å². The molecule has 0 unspecified atom stereocenters. The van der Waals surface area contributed by atoms with E-state index in [1.807, 2.05) is 0 Å². The maximum Gasteiger partial charge on any atom is 0.213 e. The molecule has 2 aliphatic rings. The first-order valence-electron chi connectivity index (χ1n) is 20.2. The van der Waals surface area contributed by atoms with Gasteiger partial charge in [-0.15, -0.1) is 0 Å². The average Bonchev–Trinajstić information content (AvgIpc) is 4.08. The lowest BCUT2D eigenvalue weighted by molar-refractivity contribution is -0.753. The minimum absolute atomic E-state index is 0.401. The van der Waals surface area contributed by atoms with E-state index in [1.165, 1.54) is 28.1 Å². The fourth-order valence-electron chi connectivity index (χ4n) is 8.78. The molecule has 4 N–H and O–H groups in total. The second-order valence-corrected chi connectivity index (χ2v) is 15.4. The molecule has 0 atom stereocenters. The smallest absolute Gasteiger partial charge is 0.213 e. The van der Waals surface area contributed by atoms with Gasteiger partial charge in [-0.25, -0.2) is 0 Å². The van der Waals surface area contributed by atoms with Crippen LogP contribution in [-0.2, 0) is 6.42 Å². The second kappa shape index (κ2) is 15.3. The number of H-pyrrole nitrogens is 4. The molecule has 57 heavy (non-hydrogen) atoms. The molecule has 6 aromatic heterocycles. The van der Waals surface area contributed by atoms with Crippen molar-refractivity contribution < 1.29 is 9.13 Å². The maximum absolute atomic E-state index is 3.76. The molecule has 10 rings (SSSR count). The summed E-state index contributed by atoms with van der Waals surface area (Å²) in [4.78, 5) is 14.5. The first kappa shape index (κ1) is 34.6. The number of aromatic amines is 4. The predicted molar refractivity (Wildman–Crippen MR) is 228 cm³/mol. The molecule has 1 aliphatic heterocycles. The quantitative estimate of drug-likeness (QED) is 0.131. The Kier molecular flexibility index (Phi) is 9.28. The van der Waals surface area contributed by atoms with E-state index in [4.69, 9.17) is 0 Å². The number of hydrogen-bond acceptors (Lipinski definition) is 0. The van der Waals surface area contributed by atoms with Crippen molar-refractivity contribution in [3.63, 3.8) is 0 Å². The highest BCUT2D eigenvalue weighted by molar-refractivity contribution is 5.89. The molecule has 278 valence electrons. The number of nitrogens with zero attached hydrogens (tertiary/aromatic N) is 2. The summed E-state index contributed by atoms with van der Waals surface area (Å²) in [6.07, 6.45) is 21.1. The van der Waals surface area contributed by atoms with E-state index in [0.717, 1.165) is 81.8 Å². The van der Waals surface area contributed by atoms with E-state index in [1.54, 1.807) is 0 Å². The molecule has 0 spiro atoms. The summed E-state index contributed by atoms with van der Waals surface area (Å²) in [5.41, 5.74) is 11.7. The number of hydrogen-bond donors (Lipinski definition) is 4. The largest absolute Gasteiger partial charge is 0.355 e. The highest BCUT2D eigenvalue weighted by Crippen LogP contribution is 2.32. The van der Waals surface area contributed by atoms with Crippen LogP contribution in [0.5, 0.6) is 0 Å². The second-order valence-electron chi connectivity index (χ2n) is 15.4. The van der Waals surface area contributed by atoms with Crippen molar-refractivity contribution in [2.45, 2.75) is 44.2 Å². The van der Waals surface area contributed by atoms with Gasteiger partial charge < -0.3 is 19.9 Å². The summed E-state index contributed by atoms with van der Waals surface area (Å²) in [6.45, 7) is 0. The van der Waals surface area contributed by atoms with Crippen LogP contribution in [0.15, 0.2) is 152 Å². The Balaban J connectivity index is 1.03. The fourth-order valence-corrected chi connectivity index (χ4v) is 8.78. The lowest BCUT2D eigenvalue weighted by Gasteiger charge is -2.24. The molecule has 8 aromatic rings. The van der Waals surface area contributed by atoms with Gasteiger partial charge in [0, 0.05) is 99.7 Å². The van der Waals surface area contributed by atoms with Crippen molar-refractivity contribution in [2.75, 3.05) is 0 Å². The summed E-state index contributed by atoms with van der Waals surface area (Å²) < 4.78 is 5.10. The van der Waals surface area contributed by atoms with Gasteiger partial charge in [0.1, 0.15) is 0 Å². The van der Waals surface area contributed by atoms with Crippen LogP contribution in [0.3, 0.4) is 0 Å². The molecule has 7 heterocycles. The van der Waals surface area contributed by atoms with Crippen LogP contribution in [0.1, 0.15) is 88.6 Å². The molecular formula is C51H46N6+2. The van der Waals surface area contributed by atoms with Crippen molar-refractivity contribution in [3.8, 4) is 0 Å². The lowest BCUT2D eigenvalue weighted by atomic mass is 9.89. The van der Waals surface area contributed by atoms with Gasteiger partial charge in [0.05, 0.1) is 12.0 Å². The lowest BCUT2D eigenvalue weighted by Crippen LogP contribution is -2.49. The van der Waals surface area contributed by atoms with Gasteiger partial charge in [-0.3, -0.25) is 0 Å². The number of aromatic nitrogens is 6. The summed E-state index contributed by atoms with van der Waals surface area (Å²) in [7, 11) is 0. The minimum Gasteiger partial charge on any atom is -0.355 e. The predicted octanol–water partition coefficient (Wildman–Crippen LogP) is 6.74. The Morgan fingerprint density at radius 2 is 1.07 bits per heavy atom. The number of benzene rings is 2. The molecule has 1 saturated carbocycles. The van der Waals surface area contributed by atoms with Gasteiger partial charge >= 0.3 is 0 Å². The van der Waals surface area contributed by atoms with Crippen LogP contribution in [-0.4, -0.2) is 19.9 Å². The van der Waals surface area contributed by atoms with Crippen molar-refractivity contribution in [3.05, 3.63) is 224 Å². The Hall–Kier alpha value is -6.92. The van der Waals surface area contributed by atoms with E-state index < -0.39 is 0 Å². The average molecular weight is 743 g/mol. The van der Waals surface area contributed by atoms with Gasteiger partial charge in [0.2, 0.25) is 5.69 Å². The zero-order valence-electron chi connectivity index (χ0n) is 31.9. The Labute approximate surface area is 332 Å². The highest BCUT2D eigenvalue weighted by atomic mass is 15.0. The number of fused-ring (bicyclic) bond motifs is 8. The Morgan fingerprint density at radius 3 is 1.75 bits per heavy atom. The fraction of sp³-hybridized carbons (Fsp3) is 0.137. The van der Waals surface area contributed by atoms with E-state index >= 15 is 0 Å². The Morgan fingerprint density at radius 1 is 0.509 bits per heavy atom. The van der Waals surface area contributed by atoms with Crippen LogP contribution in [0.2, 0.25) is 0 Å². The third-order valence-corrected chi connectivity index (χ3v) is 11.5. The van der Waals surface area contributed by atoms with Crippen LogP contribution < -0.4 is 30.5 Å². The molecule has 0 radical (unpaired) electrons. The topological polar surface area (TPSA) is 70.9 Å². The highest BCUT2D eigenvalue weighted by Gasteiger charge is 2.35. The SMILES string of the molecule is C1=c2ccc([nH]2)=Cc2ccc([nH]2)C=c2[nH]c(cc2/C=C(\c2ccccc2)c2cccc[n+]2C2CCC([n+]3ccccc3Cc3ccccc3)CC2)=Cc2ccc1[nH]2. The zero-order chi connectivity index (χ0) is 38.0. The molecule has 8 bridgehead atoms. The Bertz CT molecular complexity index is 2950. The first-order valence-corrected chi connectivity index (χ1v) is 20.2. The number of rotatable bonds is 7. The van der Waals surface area contributed by atoms with E-state index in [9.17, 15) is 0 Å². The number of pyridine rings is 2. The van der Waals surface area contributed by atoms with Crippen LogP contribution in [0.4, 0.5) is 0 Å². The zero-order valence-corrected chi connectivity index (χ0v) is 31.9. The van der Waals surface area contributed by atoms with Gasteiger partial charge in [0.15, 0.2) is 30.2 Å². The standard InChI is InChI=1S/C51H45N6/c1-3-11-36(12-4-1)29-48-15-7-9-27-56(48)46-23-25-47(26-24-46)57-28-10-8-16-51(57)49(37-13-5-2-6-14-37)31-38-30-45-34-43-20-19-41(53-43)32-39-17-18-40(52-39)33-42-21-22-44(54-42)35-50(38)55-45/h1-22,27-28,30-35,46-47H,23-26,29H2,(H3,52,53,54,55)/q+1/p+1. The van der Waals surface area contributed by atoms with Crippen LogP contribution in [0, 0.1) is 0 Å². The first-order chi connectivity index (χ1) is 28.2. The van der Waals surface area contributed by atoms with Gasteiger partial charge in [0.25, 0.3) is 0 Å². The molecule has 2 aromatic carbocycles.